The summed E-state index contributed by atoms with van der Waals surface area (Å²) in [6, 6.07) is 15.2. The van der Waals surface area contributed by atoms with Crippen LogP contribution in [0.25, 0.3) is 0 Å². The lowest BCUT2D eigenvalue weighted by Gasteiger charge is -2.36. The topological polar surface area (TPSA) is 23.6 Å². The maximum Gasteiger partial charge on any atom is 0.166 e. The molecule has 144 valence electrons. The first-order chi connectivity index (χ1) is 13.0. The number of alkyl halides is 1. The zero-order valence-corrected chi connectivity index (χ0v) is 19.4. The number of nitrogens with zero attached hydrogens (tertiary/aromatic N) is 2. The Hall–Kier alpha value is -1.05. The summed E-state index contributed by atoms with van der Waals surface area (Å²) in [5.41, 5.74) is 3.28. The lowest BCUT2D eigenvalue weighted by atomic mass is 10.1. The molecule has 1 atom stereocenters. The second-order valence-electron chi connectivity index (χ2n) is 7.31. The Morgan fingerprint density at radius 2 is 1.81 bits per heavy atom. The molecule has 0 amide bonds. The number of Topliss-reactive ketones (excluding diaryl/α,β-unsaturated/α-hetero) is 1. The highest BCUT2D eigenvalue weighted by Gasteiger charge is 2.32. The number of hydrogen-bond donors (Lipinski definition) is 0. The summed E-state index contributed by atoms with van der Waals surface area (Å²) < 4.78 is 0. The van der Waals surface area contributed by atoms with E-state index in [0.717, 1.165) is 24.9 Å². The van der Waals surface area contributed by atoms with Crippen molar-refractivity contribution in [2.45, 2.75) is 35.6 Å². The van der Waals surface area contributed by atoms with Gasteiger partial charge in [-0.25, -0.2) is 0 Å². The van der Waals surface area contributed by atoms with Gasteiger partial charge in [0.15, 0.2) is 5.78 Å². The lowest BCUT2D eigenvalue weighted by molar-refractivity contribution is 0.0967. The van der Waals surface area contributed by atoms with Gasteiger partial charge in [0, 0.05) is 33.9 Å². The fraction of sp³-hybridized carbons (Fsp3) is 0.409. The third kappa shape index (κ3) is 4.51. The average molecular weight is 494 g/mol. The van der Waals surface area contributed by atoms with Crippen LogP contribution in [0.5, 0.6) is 0 Å². The van der Waals surface area contributed by atoms with Crippen LogP contribution in [0, 0.1) is 5.92 Å². The number of ketones is 1. The van der Waals surface area contributed by atoms with E-state index in [-0.39, 0.29) is 5.92 Å². The third-order valence-corrected chi connectivity index (χ3v) is 6.32. The SMILES string of the molecule is CC(CN1c2ccccc2Sc2ccc(C(=O)C3CC3)cc21)N(C)C.CI. The van der Waals surface area contributed by atoms with Crippen molar-refractivity contribution in [1.82, 2.24) is 4.90 Å². The highest BCUT2D eigenvalue weighted by atomic mass is 127. The van der Waals surface area contributed by atoms with Gasteiger partial charge in [0.2, 0.25) is 0 Å². The Bertz CT molecular complexity index is 820. The molecule has 0 bridgehead atoms. The molecule has 3 nitrogen and oxygen atoms in total. The zero-order chi connectivity index (χ0) is 19.6. The Morgan fingerprint density at radius 3 is 2.48 bits per heavy atom. The van der Waals surface area contributed by atoms with E-state index in [2.05, 4.69) is 89.8 Å². The molecule has 1 saturated carbocycles. The number of halogens is 1. The molecule has 0 aromatic heterocycles. The Morgan fingerprint density at radius 1 is 1.15 bits per heavy atom. The van der Waals surface area contributed by atoms with Gasteiger partial charge in [0.1, 0.15) is 0 Å². The molecule has 0 saturated heterocycles. The van der Waals surface area contributed by atoms with Crippen LogP contribution in [-0.2, 0) is 0 Å². The number of benzene rings is 2. The maximum atomic E-state index is 12.5. The van der Waals surface area contributed by atoms with Gasteiger partial charge in [0.25, 0.3) is 0 Å². The second kappa shape index (κ2) is 8.97. The molecule has 1 aliphatic carbocycles. The summed E-state index contributed by atoms with van der Waals surface area (Å²) >= 11 is 3.95. The van der Waals surface area contributed by atoms with Crippen molar-refractivity contribution < 1.29 is 4.79 Å². The van der Waals surface area contributed by atoms with Crippen molar-refractivity contribution >= 4 is 51.5 Å². The summed E-state index contributed by atoms with van der Waals surface area (Å²) in [7, 11) is 4.23. The predicted molar refractivity (Wildman–Crippen MR) is 124 cm³/mol. The van der Waals surface area contributed by atoms with E-state index < -0.39 is 0 Å². The molecule has 1 heterocycles. The normalized spacial score (nSPS) is 16.1. The molecule has 5 heteroatoms. The molecule has 27 heavy (non-hydrogen) atoms. The number of likely N-dealkylation sites (N-methyl/N-ethyl adjacent to an activating group) is 1. The molecular formula is C22H27IN2OS. The fourth-order valence-corrected chi connectivity index (χ4v) is 4.26. The summed E-state index contributed by atoms with van der Waals surface area (Å²) in [5.74, 6) is 0.572. The zero-order valence-electron chi connectivity index (χ0n) is 16.4. The number of carbonyl (C=O) groups excluding carboxylic acids is 1. The van der Waals surface area contributed by atoms with Gasteiger partial charge >= 0.3 is 0 Å². The van der Waals surface area contributed by atoms with Gasteiger partial charge in [-0.1, -0.05) is 52.6 Å². The number of carbonyl (C=O) groups is 1. The van der Waals surface area contributed by atoms with Crippen molar-refractivity contribution in [3.63, 3.8) is 0 Å². The number of rotatable bonds is 5. The second-order valence-corrected chi connectivity index (χ2v) is 8.40. The molecular weight excluding hydrogens is 467 g/mol. The van der Waals surface area contributed by atoms with E-state index >= 15 is 0 Å². The van der Waals surface area contributed by atoms with E-state index in [1.165, 1.54) is 21.2 Å². The summed E-state index contributed by atoms with van der Waals surface area (Å²) in [5, 5.41) is 0. The molecule has 1 aliphatic heterocycles. The molecule has 0 N–H and O–H groups in total. The largest absolute Gasteiger partial charge is 0.338 e. The van der Waals surface area contributed by atoms with Gasteiger partial charge < -0.3 is 9.80 Å². The van der Waals surface area contributed by atoms with Crippen LogP contribution in [0.15, 0.2) is 52.3 Å². The minimum Gasteiger partial charge on any atom is -0.338 e. The first-order valence-electron chi connectivity index (χ1n) is 9.31. The molecule has 2 aromatic carbocycles. The van der Waals surface area contributed by atoms with Crippen molar-refractivity contribution in [3.05, 3.63) is 48.0 Å². The summed E-state index contributed by atoms with van der Waals surface area (Å²) in [6.07, 6.45) is 2.10. The predicted octanol–water partition coefficient (Wildman–Crippen LogP) is 5.88. The van der Waals surface area contributed by atoms with Crippen molar-refractivity contribution in [2.24, 2.45) is 5.92 Å². The summed E-state index contributed by atoms with van der Waals surface area (Å²) in [6.45, 7) is 3.14. The fourth-order valence-electron chi connectivity index (χ4n) is 3.19. The quantitative estimate of drug-likeness (QED) is 0.294. The first-order valence-corrected chi connectivity index (χ1v) is 12.3. The van der Waals surface area contributed by atoms with Gasteiger partial charge in [-0.3, -0.25) is 4.79 Å². The number of fused-ring (bicyclic) bond motifs is 2. The minimum atomic E-state index is 0.260. The molecule has 2 aromatic rings. The number of para-hydroxylation sites is 1. The van der Waals surface area contributed by atoms with Crippen LogP contribution in [0.2, 0.25) is 0 Å². The summed E-state index contributed by atoms with van der Waals surface area (Å²) in [4.78, 5) is 21.6. The standard InChI is InChI=1S/C21H24N2OS.CH3I/c1-14(22(2)3)13-23-17-6-4-5-7-19(17)25-20-11-10-16(12-18(20)23)21(24)15-8-9-15;1-2/h4-7,10-12,14-15H,8-9,13H2,1-3H3;1H3. The van der Waals surface area contributed by atoms with Crippen LogP contribution in [0.1, 0.15) is 30.1 Å². The van der Waals surface area contributed by atoms with Crippen molar-refractivity contribution in [2.75, 3.05) is 30.5 Å². The van der Waals surface area contributed by atoms with E-state index in [1.807, 2.05) is 11.0 Å². The first kappa shape index (κ1) is 20.7. The van der Waals surface area contributed by atoms with Gasteiger partial charge in [0.05, 0.1) is 11.4 Å². The monoisotopic (exact) mass is 494 g/mol. The van der Waals surface area contributed by atoms with E-state index in [9.17, 15) is 4.79 Å². The molecule has 0 spiro atoms. The third-order valence-electron chi connectivity index (χ3n) is 5.19. The van der Waals surface area contributed by atoms with Gasteiger partial charge in [-0.15, -0.1) is 0 Å². The molecule has 1 unspecified atom stereocenters. The van der Waals surface area contributed by atoms with Crippen molar-refractivity contribution in [3.8, 4) is 0 Å². The van der Waals surface area contributed by atoms with Gasteiger partial charge in [-0.2, -0.15) is 0 Å². The Labute approximate surface area is 180 Å². The highest BCUT2D eigenvalue weighted by molar-refractivity contribution is 14.1. The van der Waals surface area contributed by atoms with Crippen LogP contribution in [-0.4, -0.2) is 42.3 Å². The number of hydrogen-bond acceptors (Lipinski definition) is 4. The van der Waals surface area contributed by atoms with Crippen molar-refractivity contribution in [1.29, 1.82) is 0 Å². The van der Waals surface area contributed by atoms with E-state index in [4.69, 9.17) is 0 Å². The smallest absolute Gasteiger partial charge is 0.166 e. The molecule has 4 rings (SSSR count). The lowest BCUT2D eigenvalue weighted by Crippen LogP contribution is -2.37. The molecule has 0 radical (unpaired) electrons. The molecule has 1 fully saturated rings. The van der Waals surface area contributed by atoms with Gasteiger partial charge in [-0.05, 0) is 63.1 Å². The van der Waals surface area contributed by atoms with Crippen LogP contribution < -0.4 is 4.90 Å². The van der Waals surface area contributed by atoms with Crippen LogP contribution in [0.4, 0.5) is 11.4 Å². The Kier molecular flexibility index (Phi) is 6.87. The van der Waals surface area contributed by atoms with Crippen LogP contribution >= 0.6 is 34.4 Å². The van der Waals surface area contributed by atoms with Crippen LogP contribution in [0.3, 0.4) is 0 Å². The highest BCUT2D eigenvalue weighted by Crippen LogP contribution is 2.48. The molecule has 2 aliphatic rings. The minimum absolute atomic E-state index is 0.260. The Balaban J connectivity index is 0.00000102. The average Bonchev–Trinajstić information content (AvgIpc) is 3.53. The maximum absolute atomic E-state index is 12.5. The van der Waals surface area contributed by atoms with E-state index in [0.29, 0.717) is 11.8 Å². The van der Waals surface area contributed by atoms with E-state index in [1.54, 1.807) is 11.8 Å². The number of anilines is 2.